The minimum atomic E-state index is -0.316. The molecule has 2 aliphatic heterocycles. The highest BCUT2D eigenvalue weighted by Crippen LogP contribution is 2.27. The van der Waals surface area contributed by atoms with Crippen molar-refractivity contribution < 1.29 is 9.18 Å². The second-order valence-corrected chi connectivity index (χ2v) is 6.45. The minimum Gasteiger partial charge on any atom is -0.332 e. The number of benzene rings is 1. The third-order valence-electron chi connectivity index (χ3n) is 4.77. The van der Waals surface area contributed by atoms with Crippen LogP contribution >= 0.6 is 0 Å². The van der Waals surface area contributed by atoms with Gasteiger partial charge in [0.25, 0.3) is 0 Å². The van der Waals surface area contributed by atoms with E-state index in [1.165, 1.54) is 23.4 Å². The molecule has 0 aliphatic carbocycles. The molecule has 6 heteroatoms. The van der Waals surface area contributed by atoms with Gasteiger partial charge in [0.05, 0.1) is 6.20 Å². The second-order valence-electron chi connectivity index (χ2n) is 6.45. The topological polar surface area (TPSA) is 50.2 Å². The van der Waals surface area contributed by atoms with Crippen LogP contribution in [0.15, 0.2) is 36.7 Å². The maximum absolute atomic E-state index is 13.8. The third kappa shape index (κ3) is 2.86. The van der Waals surface area contributed by atoms with Crippen LogP contribution in [-0.2, 0) is 0 Å². The Morgan fingerprint density at radius 3 is 3.00 bits per heavy atom. The van der Waals surface area contributed by atoms with Gasteiger partial charge in [0.2, 0.25) is 0 Å². The first-order valence-corrected chi connectivity index (χ1v) is 8.02. The van der Waals surface area contributed by atoms with Gasteiger partial charge in [0.1, 0.15) is 5.82 Å². The molecule has 2 saturated heterocycles. The van der Waals surface area contributed by atoms with Crippen molar-refractivity contribution >= 4 is 6.03 Å². The number of nitrogens with zero attached hydrogens (tertiary/aromatic N) is 3. The summed E-state index contributed by atoms with van der Waals surface area (Å²) in [7, 11) is 0. The van der Waals surface area contributed by atoms with Crippen LogP contribution in [0, 0.1) is 11.7 Å². The lowest BCUT2D eigenvalue weighted by molar-refractivity contribution is 0.204. The molecular formula is C17H19FN4O. The van der Waals surface area contributed by atoms with Crippen LogP contribution in [0.5, 0.6) is 0 Å². The number of hydrogen-bond acceptors (Lipinski definition) is 3. The van der Waals surface area contributed by atoms with Crippen LogP contribution in [-0.4, -0.2) is 46.4 Å². The maximum atomic E-state index is 13.8. The zero-order chi connectivity index (χ0) is 15.8. The Balaban J connectivity index is 1.46. The van der Waals surface area contributed by atoms with Crippen LogP contribution in [0.3, 0.4) is 0 Å². The van der Waals surface area contributed by atoms with Crippen LogP contribution in [0.1, 0.15) is 12.8 Å². The van der Waals surface area contributed by atoms with E-state index in [-0.39, 0.29) is 17.9 Å². The van der Waals surface area contributed by atoms with Crippen molar-refractivity contribution in [2.75, 3.05) is 19.6 Å². The molecule has 0 saturated carbocycles. The predicted octanol–water partition coefficient (Wildman–Crippen LogP) is 2.34. The largest absolute Gasteiger partial charge is 0.342 e. The Morgan fingerprint density at radius 2 is 2.17 bits per heavy atom. The molecule has 3 heterocycles. The highest BCUT2D eigenvalue weighted by molar-refractivity contribution is 5.77. The number of halogens is 1. The molecule has 1 unspecified atom stereocenters. The number of fused-ring (bicyclic) bond motifs is 2. The lowest BCUT2D eigenvalue weighted by atomic mass is 9.97. The Kier molecular flexibility index (Phi) is 3.61. The zero-order valence-corrected chi connectivity index (χ0v) is 12.8. The van der Waals surface area contributed by atoms with E-state index in [9.17, 15) is 9.18 Å². The number of hydrogen-bond donors (Lipinski definition) is 1. The number of nitrogens with one attached hydrogen (secondary N) is 1. The lowest BCUT2D eigenvalue weighted by Gasteiger charge is -2.30. The van der Waals surface area contributed by atoms with Crippen LogP contribution in [0.2, 0.25) is 0 Å². The molecule has 2 bridgehead atoms. The van der Waals surface area contributed by atoms with Crippen molar-refractivity contribution in [3.05, 3.63) is 42.5 Å². The fourth-order valence-electron chi connectivity index (χ4n) is 3.67. The molecule has 4 rings (SSSR count). The summed E-state index contributed by atoms with van der Waals surface area (Å²) in [5, 5.41) is 7.12. The van der Waals surface area contributed by atoms with Gasteiger partial charge in [-0.05, 0) is 31.4 Å². The molecule has 5 nitrogen and oxygen atoms in total. The van der Waals surface area contributed by atoms with E-state index in [1.807, 2.05) is 0 Å². The first-order valence-electron chi connectivity index (χ1n) is 8.02. The van der Waals surface area contributed by atoms with Crippen molar-refractivity contribution in [1.82, 2.24) is 20.0 Å². The molecular weight excluding hydrogens is 295 g/mol. The summed E-state index contributed by atoms with van der Waals surface area (Å²) in [5.41, 5.74) is 1.05. The average molecular weight is 314 g/mol. The molecule has 2 aliphatic rings. The average Bonchev–Trinajstić information content (AvgIpc) is 3.15. The van der Waals surface area contributed by atoms with Gasteiger partial charge in [-0.3, -0.25) is 0 Å². The summed E-state index contributed by atoms with van der Waals surface area (Å²) in [5.74, 6) is 0.379. The number of rotatable bonds is 2. The Hall–Kier alpha value is -2.21. The van der Waals surface area contributed by atoms with E-state index in [0.29, 0.717) is 17.0 Å². The van der Waals surface area contributed by atoms with E-state index in [1.54, 1.807) is 24.4 Å². The fraction of sp³-hybridized carbons (Fsp3) is 0.412. The summed E-state index contributed by atoms with van der Waals surface area (Å²) in [6, 6.07) is 6.41. The van der Waals surface area contributed by atoms with Crippen molar-refractivity contribution in [3.63, 3.8) is 0 Å². The molecule has 0 radical (unpaired) electrons. The van der Waals surface area contributed by atoms with E-state index in [0.717, 1.165) is 26.1 Å². The van der Waals surface area contributed by atoms with Crippen molar-refractivity contribution in [2.45, 2.75) is 18.9 Å². The third-order valence-corrected chi connectivity index (χ3v) is 4.77. The van der Waals surface area contributed by atoms with Gasteiger partial charge >= 0.3 is 6.03 Å². The number of carbonyl (C=O) groups is 1. The standard InChI is InChI=1S/C17H19FN4O/c18-16-4-2-1-3-15(16)13-8-19-22(10-13)17(23)20-14-7-12-5-6-21(9-12)11-14/h1-4,8,10,12,14H,5-7,9,11H2,(H,20,23)/t12-,14-/m1/s1. The van der Waals surface area contributed by atoms with Gasteiger partial charge in [0, 0.05) is 36.5 Å². The van der Waals surface area contributed by atoms with Crippen LogP contribution < -0.4 is 5.32 Å². The zero-order valence-electron chi connectivity index (χ0n) is 12.8. The van der Waals surface area contributed by atoms with Gasteiger partial charge in [-0.15, -0.1) is 0 Å². The van der Waals surface area contributed by atoms with E-state index in [2.05, 4.69) is 15.3 Å². The van der Waals surface area contributed by atoms with Crippen LogP contribution in [0.4, 0.5) is 9.18 Å². The molecule has 2 fully saturated rings. The van der Waals surface area contributed by atoms with Gasteiger partial charge < -0.3 is 10.2 Å². The van der Waals surface area contributed by atoms with Gasteiger partial charge in [-0.2, -0.15) is 9.78 Å². The Labute approximate surface area is 134 Å². The van der Waals surface area contributed by atoms with Gasteiger partial charge in [-0.25, -0.2) is 9.18 Å². The molecule has 0 spiro atoms. The normalized spacial score (nSPS) is 26.2. The molecule has 1 N–H and O–H groups in total. The quantitative estimate of drug-likeness (QED) is 0.925. The smallest absolute Gasteiger partial charge is 0.332 e. The summed E-state index contributed by atoms with van der Waals surface area (Å²) >= 11 is 0. The molecule has 23 heavy (non-hydrogen) atoms. The summed E-state index contributed by atoms with van der Waals surface area (Å²) in [6.45, 7) is 3.20. The molecule has 1 amide bonds. The molecule has 2 aromatic rings. The molecule has 120 valence electrons. The number of piperidine rings is 1. The summed E-state index contributed by atoms with van der Waals surface area (Å²) in [4.78, 5) is 14.7. The SMILES string of the molecule is O=C(N[C@@H]1C[C@H]2CCN(C2)C1)n1cc(-c2ccccc2F)cn1. The minimum absolute atomic E-state index is 0.171. The summed E-state index contributed by atoms with van der Waals surface area (Å²) in [6.07, 6.45) is 5.35. The summed E-state index contributed by atoms with van der Waals surface area (Å²) < 4.78 is 15.1. The van der Waals surface area contributed by atoms with Crippen LogP contribution in [0.25, 0.3) is 11.1 Å². The number of amides is 1. The lowest BCUT2D eigenvalue weighted by Crippen LogP contribution is -2.48. The second kappa shape index (κ2) is 5.77. The predicted molar refractivity (Wildman–Crippen MR) is 84.5 cm³/mol. The van der Waals surface area contributed by atoms with Gasteiger partial charge in [-0.1, -0.05) is 18.2 Å². The number of carbonyl (C=O) groups excluding carboxylic acids is 1. The maximum Gasteiger partial charge on any atom is 0.342 e. The van der Waals surface area contributed by atoms with Gasteiger partial charge in [0.15, 0.2) is 0 Å². The van der Waals surface area contributed by atoms with Crippen molar-refractivity contribution in [1.29, 1.82) is 0 Å². The highest BCUT2D eigenvalue weighted by Gasteiger charge is 2.33. The molecule has 1 aromatic heterocycles. The first-order chi connectivity index (χ1) is 11.2. The van der Waals surface area contributed by atoms with E-state index in [4.69, 9.17) is 0 Å². The monoisotopic (exact) mass is 314 g/mol. The van der Waals surface area contributed by atoms with Crippen molar-refractivity contribution in [3.8, 4) is 11.1 Å². The fourth-order valence-corrected chi connectivity index (χ4v) is 3.67. The van der Waals surface area contributed by atoms with E-state index < -0.39 is 0 Å². The highest BCUT2D eigenvalue weighted by atomic mass is 19.1. The van der Waals surface area contributed by atoms with Crippen molar-refractivity contribution in [2.24, 2.45) is 5.92 Å². The first kappa shape index (κ1) is 14.4. The Bertz CT molecular complexity index is 717. The van der Waals surface area contributed by atoms with E-state index >= 15 is 0 Å². The molecule has 1 aromatic carbocycles. The molecule has 3 atom stereocenters. The Morgan fingerprint density at radius 1 is 1.30 bits per heavy atom. The number of aromatic nitrogens is 2.